The maximum atomic E-state index is 9.38. The van der Waals surface area contributed by atoms with Gasteiger partial charge >= 0.3 is 0 Å². The van der Waals surface area contributed by atoms with E-state index in [9.17, 15) is 5.11 Å². The number of hydrogen-bond donors (Lipinski definition) is 1. The van der Waals surface area contributed by atoms with Gasteiger partial charge in [-0.2, -0.15) is 0 Å². The Balaban J connectivity index is 1.93. The molecule has 6 heteroatoms. The maximum absolute atomic E-state index is 9.38. The molecule has 5 nitrogen and oxygen atoms in total. The normalized spacial score (nSPS) is 19.8. The molecule has 2 rings (SSSR count). The summed E-state index contributed by atoms with van der Waals surface area (Å²) in [6.07, 6.45) is 5.13. The number of rotatable bonds is 7. The zero-order valence-corrected chi connectivity index (χ0v) is 15.6. The second kappa shape index (κ2) is 8.78. The molecule has 1 fully saturated rings. The molecule has 0 aliphatic carbocycles. The Hall–Kier alpha value is -0.950. The molecular weight excluding hydrogens is 308 g/mol. The van der Waals surface area contributed by atoms with Gasteiger partial charge in [-0.25, -0.2) is 4.98 Å². The van der Waals surface area contributed by atoms with Gasteiger partial charge in [0.25, 0.3) is 0 Å². The summed E-state index contributed by atoms with van der Waals surface area (Å²) in [6, 6.07) is 0.436. The van der Waals surface area contributed by atoms with Crippen LogP contribution in [-0.4, -0.2) is 72.8 Å². The molecule has 130 valence electrons. The zero-order chi connectivity index (χ0) is 16.8. The van der Waals surface area contributed by atoms with Crippen LogP contribution < -0.4 is 4.90 Å². The Labute approximate surface area is 144 Å². The van der Waals surface area contributed by atoms with E-state index in [2.05, 4.69) is 39.6 Å². The molecule has 0 spiro atoms. The Bertz CT molecular complexity index is 510. The average molecular weight is 339 g/mol. The summed E-state index contributed by atoms with van der Waals surface area (Å²) >= 11 is 1.76. The van der Waals surface area contributed by atoms with Gasteiger partial charge in [-0.05, 0) is 20.3 Å². The van der Waals surface area contributed by atoms with Crippen molar-refractivity contribution in [3.63, 3.8) is 0 Å². The largest absolute Gasteiger partial charge is 0.396 e. The minimum atomic E-state index is 0.259. The molecule has 0 amide bonds. The molecule has 23 heavy (non-hydrogen) atoms. The van der Waals surface area contributed by atoms with E-state index in [1.807, 2.05) is 20.3 Å². The Morgan fingerprint density at radius 1 is 1.43 bits per heavy atom. The van der Waals surface area contributed by atoms with Crippen LogP contribution in [0.3, 0.4) is 0 Å². The highest BCUT2D eigenvalue weighted by Crippen LogP contribution is 2.23. The number of nitrogens with zero attached hydrogens (tertiary/aromatic N) is 4. The predicted molar refractivity (Wildman–Crippen MR) is 98.2 cm³/mol. The van der Waals surface area contributed by atoms with Gasteiger partial charge < -0.3 is 10.0 Å². The molecule has 0 unspecified atom stereocenters. The number of piperazine rings is 1. The van der Waals surface area contributed by atoms with Gasteiger partial charge in [-0.1, -0.05) is 11.6 Å². The fraction of sp³-hybridized carbons (Fsp3) is 0.706. The maximum Gasteiger partial charge on any atom is 0.185 e. The third kappa shape index (κ3) is 5.57. The van der Waals surface area contributed by atoms with Crippen LogP contribution >= 0.6 is 11.3 Å². The van der Waals surface area contributed by atoms with Crippen LogP contribution in [0.5, 0.6) is 0 Å². The quantitative estimate of drug-likeness (QED) is 0.771. The van der Waals surface area contributed by atoms with Crippen LogP contribution in [-0.2, 0) is 6.54 Å². The van der Waals surface area contributed by atoms with E-state index >= 15 is 0 Å². The van der Waals surface area contributed by atoms with Crippen LogP contribution in [0, 0.1) is 0 Å². The molecule has 1 atom stereocenters. The summed E-state index contributed by atoms with van der Waals surface area (Å²) in [5, 5.41) is 10.4. The van der Waals surface area contributed by atoms with Crippen molar-refractivity contribution in [2.75, 3.05) is 51.8 Å². The first-order valence-corrected chi connectivity index (χ1v) is 9.14. The summed E-state index contributed by atoms with van der Waals surface area (Å²) in [5.74, 6) is 0. The number of aromatic nitrogens is 1. The molecule has 0 aromatic carbocycles. The molecule has 1 N–H and O–H groups in total. The van der Waals surface area contributed by atoms with E-state index in [1.165, 1.54) is 10.5 Å². The van der Waals surface area contributed by atoms with E-state index in [1.54, 1.807) is 11.3 Å². The van der Waals surface area contributed by atoms with Crippen molar-refractivity contribution in [3.05, 3.63) is 22.7 Å². The first-order valence-electron chi connectivity index (χ1n) is 8.32. The first-order chi connectivity index (χ1) is 11.0. The third-order valence-electron chi connectivity index (χ3n) is 4.19. The van der Waals surface area contributed by atoms with E-state index in [0.29, 0.717) is 6.04 Å². The summed E-state index contributed by atoms with van der Waals surface area (Å²) in [5.41, 5.74) is 1.36. The molecule has 1 aromatic rings. The predicted octanol–water partition coefficient (Wildman–Crippen LogP) is 2.04. The van der Waals surface area contributed by atoms with Crippen molar-refractivity contribution in [2.45, 2.75) is 32.9 Å². The second-order valence-corrected chi connectivity index (χ2v) is 7.77. The highest BCUT2D eigenvalue weighted by molar-refractivity contribution is 7.15. The Kier molecular flexibility index (Phi) is 7.02. The minimum Gasteiger partial charge on any atom is -0.396 e. The number of hydrogen-bond acceptors (Lipinski definition) is 6. The SMILES string of the molecule is CC(C)=CCN1CCN(Cc2cnc(N(C)C)s2)C[C@@H]1CCO. The Morgan fingerprint density at radius 2 is 2.22 bits per heavy atom. The molecule has 2 heterocycles. The smallest absolute Gasteiger partial charge is 0.185 e. The molecule has 1 aromatic heterocycles. The van der Waals surface area contributed by atoms with Crippen molar-refractivity contribution in [3.8, 4) is 0 Å². The van der Waals surface area contributed by atoms with Crippen LogP contribution in [0.15, 0.2) is 17.8 Å². The second-order valence-electron chi connectivity index (χ2n) is 6.68. The van der Waals surface area contributed by atoms with Crippen LogP contribution in [0.25, 0.3) is 0 Å². The highest BCUT2D eigenvalue weighted by Gasteiger charge is 2.26. The van der Waals surface area contributed by atoms with Gasteiger partial charge in [-0.15, -0.1) is 11.3 Å². The van der Waals surface area contributed by atoms with Gasteiger partial charge in [0.1, 0.15) is 0 Å². The lowest BCUT2D eigenvalue weighted by atomic mass is 10.1. The average Bonchev–Trinajstić information content (AvgIpc) is 2.95. The molecular formula is C17H30N4OS. The minimum absolute atomic E-state index is 0.259. The number of anilines is 1. The van der Waals surface area contributed by atoms with E-state index in [4.69, 9.17) is 0 Å². The van der Waals surface area contributed by atoms with Gasteiger partial charge in [-0.3, -0.25) is 9.80 Å². The van der Waals surface area contributed by atoms with Crippen LogP contribution in [0.1, 0.15) is 25.1 Å². The third-order valence-corrected chi connectivity index (χ3v) is 5.34. The number of allylic oxidation sites excluding steroid dienone is 1. The van der Waals surface area contributed by atoms with Gasteiger partial charge in [0.15, 0.2) is 5.13 Å². The monoisotopic (exact) mass is 338 g/mol. The Morgan fingerprint density at radius 3 is 2.83 bits per heavy atom. The summed E-state index contributed by atoms with van der Waals surface area (Å²) in [4.78, 5) is 12.8. The van der Waals surface area contributed by atoms with Gasteiger partial charge in [0.2, 0.25) is 0 Å². The molecule has 1 aliphatic heterocycles. The van der Waals surface area contributed by atoms with E-state index in [-0.39, 0.29) is 6.61 Å². The molecule has 0 saturated carbocycles. The summed E-state index contributed by atoms with van der Waals surface area (Å²) in [6.45, 7) is 9.66. The van der Waals surface area contributed by atoms with E-state index in [0.717, 1.165) is 44.3 Å². The number of aliphatic hydroxyl groups excluding tert-OH is 1. The van der Waals surface area contributed by atoms with Gasteiger partial charge in [0.05, 0.1) is 0 Å². The lowest BCUT2D eigenvalue weighted by Crippen LogP contribution is -2.52. The first kappa shape index (κ1) is 18.4. The van der Waals surface area contributed by atoms with Crippen LogP contribution in [0.4, 0.5) is 5.13 Å². The number of aliphatic hydroxyl groups is 1. The fourth-order valence-electron chi connectivity index (χ4n) is 2.86. The van der Waals surface area contributed by atoms with Crippen molar-refractivity contribution >= 4 is 16.5 Å². The molecule has 0 bridgehead atoms. The van der Waals surface area contributed by atoms with E-state index < -0.39 is 0 Å². The molecule has 0 radical (unpaired) electrons. The molecule has 1 saturated heterocycles. The lowest BCUT2D eigenvalue weighted by molar-refractivity contribution is 0.0642. The fourth-order valence-corrected chi connectivity index (χ4v) is 3.74. The topological polar surface area (TPSA) is 42.8 Å². The summed E-state index contributed by atoms with van der Waals surface area (Å²) in [7, 11) is 4.06. The van der Waals surface area contributed by atoms with Gasteiger partial charge in [0, 0.05) is 70.5 Å². The number of thiazole rings is 1. The van der Waals surface area contributed by atoms with Crippen molar-refractivity contribution in [1.82, 2.24) is 14.8 Å². The van der Waals surface area contributed by atoms with Crippen LogP contribution in [0.2, 0.25) is 0 Å². The molecule has 1 aliphatic rings. The zero-order valence-electron chi connectivity index (χ0n) is 14.8. The van der Waals surface area contributed by atoms with Crippen molar-refractivity contribution in [1.29, 1.82) is 0 Å². The highest BCUT2D eigenvalue weighted by atomic mass is 32.1. The standard InChI is InChI=1S/C17H30N4OS/c1-14(2)5-7-21-9-8-20(12-15(21)6-10-22)13-16-11-18-17(23-16)19(3)4/h5,11,15,22H,6-10,12-13H2,1-4H3/t15-/m0/s1. The van der Waals surface area contributed by atoms with Crippen molar-refractivity contribution in [2.24, 2.45) is 0 Å². The lowest BCUT2D eigenvalue weighted by Gasteiger charge is -2.41. The summed E-state index contributed by atoms with van der Waals surface area (Å²) < 4.78 is 0. The van der Waals surface area contributed by atoms with Crippen molar-refractivity contribution < 1.29 is 5.11 Å².